The molecule has 0 atom stereocenters. The van der Waals surface area contributed by atoms with Crippen LogP contribution in [0.2, 0.25) is 0 Å². The molecule has 0 amide bonds. The highest BCUT2D eigenvalue weighted by molar-refractivity contribution is 5.85. The summed E-state index contributed by atoms with van der Waals surface area (Å²) >= 11 is 0. The molecule has 3 heterocycles. The molecule has 5 rings (SSSR count). The first-order valence-electron chi connectivity index (χ1n) is 12.3. The summed E-state index contributed by atoms with van der Waals surface area (Å²) in [6.07, 6.45) is 1.61. The number of rotatable bonds is 6. The molecule has 0 bridgehead atoms. The van der Waals surface area contributed by atoms with Crippen molar-refractivity contribution in [1.82, 2.24) is 14.0 Å². The molecule has 202 valence electrons. The van der Waals surface area contributed by atoms with Crippen molar-refractivity contribution in [3.05, 3.63) is 62.8 Å². The molecule has 11 heteroatoms. The molecule has 0 saturated carbocycles. The molecule has 2 aliphatic heterocycles. The van der Waals surface area contributed by atoms with Gasteiger partial charge in [0.1, 0.15) is 5.75 Å². The van der Waals surface area contributed by atoms with Crippen LogP contribution in [0.25, 0.3) is 10.9 Å². The maximum Gasteiger partial charge on any atom is 0.331 e. The normalized spacial score (nSPS) is 15.7. The lowest BCUT2D eigenvalue weighted by atomic mass is 10.1. The maximum atomic E-state index is 13.4. The Balaban J connectivity index is 0.00000190. The number of ether oxygens (including phenoxy) is 1. The van der Waals surface area contributed by atoms with Crippen molar-refractivity contribution < 1.29 is 14.5 Å². The lowest BCUT2D eigenvalue weighted by Crippen LogP contribution is -2.49. The minimum atomic E-state index is -0.280. The van der Waals surface area contributed by atoms with E-state index in [2.05, 4.69) is 15.9 Å². The van der Waals surface area contributed by atoms with Crippen molar-refractivity contribution in [2.45, 2.75) is 32.9 Å². The second-order valence-corrected chi connectivity index (χ2v) is 8.97. The number of fused-ring (bicyclic) bond motifs is 2. The zero-order valence-corrected chi connectivity index (χ0v) is 22.8. The van der Waals surface area contributed by atoms with Crippen LogP contribution >= 0.6 is 24.8 Å². The van der Waals surface area contributed by atoms with Crippen LogP contribution in [-0.4, -0.2) is 60.5 Å². The quantitative estimate of drug-likeness (QED) is 0.435. The van der Waals surface area contributed by atoms with Gasteiger partial charge in [-0.05, 0) is 44.0 Å². The molecule has 37 heavy (non-hydrogen) atoms. The number of methoxy groups -OCH3 is 1. The van der Waals surface area contributed by atoms with Crippen LogP contribution in [0.5, 0.6) is 11.5 Å². The summed E-state index contributed by atoms with van der Waals surface area (Å²) in [7, 11) is 1.69. The average molecular weight is 553 g/mol. The first-order chi connectivity index (χ1) is 17.1. The van der Waals surface area contributed by atoms with Gasteiger partial charge in [-0.2, -0.15) is 4.89 Å². The fraction of sp³-hybridized carbons (Fsp3) is 0.462. The summed E-state index contributed by atoms with van der Waals surface area (Å²) < 4.78 is 8.55. The van der Waals surface area contributed by atoms with E-state index in [0.717, 1.165) is 56.0 Å². The molecule has 0 aliphatic carbocycles. The highest BCUT2D eigenvalue weighted by atomic mass is 35.5. The molecule has 2 aliphatic rings. The van der Waals surface area contributed by atoms with Crippen LogP contribution in [0.3, 0.4) is 0 Å². The zero-order valence-electron chi connectivity index (χ0n) is 21.2. The van der Waals surface area contributed by atoms with Crippen LogP contribution in [0.15, 0.2) is 46.0 Å². The first-order valence-corrected chi connectivity index (χ1v) is 12.3. The molecule has 3 aromatic rings. The summed E-state index contributed by atoms with van der Waals surface area (Å²) in [6, 6.07) is 11.7. The summed E-state index contributed by atoms with van der Waals surface area (Å²) in [5.41, 5.74) is 2.17. The fourth-order valence-corrected chi connectivity index (χ4v) is 5.03. The lowest BCUT2D eigenvalue weighted by Gasteiger charge is -2.36. The van der Waals surface area contributed by atoms with E-state index < -0.39 is 0 Å². The highest BCUT2D eigenvalue weighted by Gasteiger charge is 2.21. The third-order valence-electron chi connectivity index (χ3n) is 6.98. The third kappa shape index (κ3) is 5.75. The number of hydrogen-bond acceptors (Lipinski definition) is 7. The lowest BCUT2D eigenvalue weighted by molar-refractivity contribution is -0.203. The van der Waals surface area contributed by atoms with Gasteiger partial charge in [0.05, 0.1) is 30.3 Å². The fourth-order valence-electron chi connectivity index (χ4n) is 5.03. The number of nitrogens with zero attached hydrogens (tertiary/aromatic N) is 4. The van der Waals surface area contributed by atoms with Crippen molar-refractivity contribution >= 4 is 41.4 Å². The number of benzene rings is 2. The van der Waals surface area contributed by atoms with E-state index in [-0.39, 0.29) is 36.1 Å². The van der Waals surface area contributed by atoms with E-state index in [1.54, 1.807) is 17.7 Å². The molecular formula is C26H34Cl2N4O5. The molecule has 2 aromatic carbocycles. The molecule has 9 nitrogen and oxygen atoms in total. The minimum absolute atomic E-state index is 0. The van der Waals surface area contributed by atoms with Crippen molar-refractivity contribution in [1.29, 1.82) is 0 Å². The summed E-state index contributed by atoms with van der Waals surface area (Å²) in [5.74, 6) is 1.43. The summed E-state index contributed by atoms with van der Waals surface area (Å²) in [4.78, 5) is 41.9. The largest absolute Gasteiger partial charge is 0.495 e. The van der Waals surface area contributed by atoms with Crippen LogP contribution in [0.1, 0.15) is 18.9 Å². The van der Waals surface area contributed by atoms with Crippen LogP contribution in [-0.2, 0) is 24.4 Å². The Bertz CT molecular complexity index is 1340. The van der Waals surface area contributed by atoms with Crippen molar-refractivity contribution in [2.24, 2.45) is 0 Å². The molecule has 1 saturated heterocycles. The predicted molar refractivity (Wildman–Crippen MR) is 149 cm³/mol. The number of halogens is 2. The van der Waals surface area contributed by atoms with E-state index in [1.165, 1.54) is 4.57 Å². The van der Waals surface area contributed by atoms with Crippen molar-refractivity contribution in [3.63, 3.8) is 0 Å². The number of para-hydroxylation sites is 2. The van der Waals surface area contributed by atoms with Gasteiger partial charge in [-0.25, -0.2) is 4.79 Å². The first kappa shape index (κ1) is 28.8. The molecule has 0 radical (unpaired) electrons. The summed E-state index contributed by atoms with van der Waals surface area (Å²) in [5, 5.41) is 0.483. The highest BCUT2D eigenvalue weighted by Crippen LogP contribution is 2.29. The minimum Gasteiger partial charge on any atom is -0.495 e. The number of anilines is 1. The molecular weight excluding hydrogens is 519 g/mol. The Labute approximate surface area is 228 Å². The number of hydrogen-bond donors (Lipinski definition) is 0. The molecule has 0 unspecified atom stereocenters. The Kier molecular flexibility index (Phi) is 9.89. The van der Waals surface area contributed by atoms with Gasteiger partial charge in [-0.3, -0.25) is 18.8 Å². The predicted octanol–water partition coefficient (Wildman–Crippen LogP) is 3.11. The second kappa shape index (κ2) is 12.7. The van der Waals surface area contributed by atoms with Gasteiger partial charge in [0.15, 0.2) is 5.75 Å². The van der Waals surface area contributed by atoms with Crippen molar-refractivity contribution in [2.75, 3.05) is 51.3 Å². The van der Waals surface area contributed by atoms with Crippen molar-refractivity contribution in [3.8, 4) is 11.5 Å². The molecule has 0 spiro atoms. The third-order valence-corrected chi connectivity index (χ3v) is 6.98. The van der Waals surface area contributed by atoms with E-state index in [0.29, 0.717) is 42.9 Å². The number of aryl methyl sites for hydroxylation is 2. The van der Waals surface area contributed by atoms with Gasteiger partial charge < -0.3 is 14.5 Å². The molecule has 0 N–H and O–H groups in total. The van der Waals surface area contributed by atoms with Gasteiger partial charge >= 0.3 is 5.69 Å². The van der Waals surface area contributed by atoms with Gasteiger partial charge in [0, 0.05) is 51.4 Å². The maximum absolute atomic E-state index is 13.4. The number of piperazine rings is 1. The monoisotopic (exact) mass is 552 g/mol. The van der Waals surface area contributed by atoms with Gasteiger partial charge in [0.2, 0.25) is 0 Å². The SMILES string of the molecule is CCn1c(=O)n(CCN2CCN(c3ccccc3OC)CC2)c(=O)c2cc3c(cc21)CCCOO3.Cl.Cl. The van der Waals surface area contributed by atoms with E-state index in [1.807, 2.05) is 31.2 Å². The average Bonchev–Trinajstić information content (AvgIpc) is 3.13. The topological polar surface area (TPSA) is 78.2 Å². The van der Waals surface area contributed by atoms with Crippen LogP contribution in [0.4, 0.5) is 5.69 Å². The van der Waals surface area contributed by atoms with E-state index in [9.17, 15) is 9.59 Å². The standard InChI is InChI=1S/C26H32N4O5.2ClH/c1-3-29-22-17-19-7-6-16-34-35-24(19)18-20(22)25(31)30(26(29)32)15-12-27-10-13-28(14-11-27)21-8-4-5-9-23(21)33-2;;/h4-5,8-9,17-18H,3,6-7,10-16H2,1-2H3;2*1H. The van der Waals surface area contributed by atoms with Gasteiger partial charge in [-0.15, -0.1) is 24.8 Å². The Morgan fingerprint density at radius 1 is 0.973 bits per heavy atom. The van der Waals surface area contributed by atoms with Crippen LogP contribution < -0.4 is 25.8 Å². The number of aromatic nitrogens is 2. The van der Waals surface area contributed by atoms with E-state index >= 15 is 0 Å². The smallest absolute Gasteiger partial charge is 0.331 e. The zero-order chi connectivity index (χ0) is 24.4. The van der Waals surface area contributed by atoms with E-state index in [4.69, 9.17) is 14.5 Å². The Morgan fingerprint density at radius 3 is 2.46 bits per heavy atom. The van der Waals surface area contributed by atoms with Gasteiger partial charge in [0.25, 0.3) is 5.56 Å². The summed E-state index contributed by atoms with van der Waals surface area (Å²) in [6.45, 7) is 7.31. The molecule has 1 fully saturated rings. The Hall–Kier alpha value is -2.72. The molecule has 1 aromatic heterocycles. The van der Waals surface area contributed by atoms with Crippen LogP contribution in [0, 0.1) is 0 Å². The Morgan fingerprint density at radius 2 is 1.73 bits per heavy atom. The van der Waals surface area contributed by atoms with Gasteiger partial charge in [-0.1, -0.05) is 12.1 Å². The second-order valence-electron chi connectivity index (χ2n) is 8.97.